The van der Waals surface area contributed by atoms with Gasteiger partial charge in [-0.05, 0) is 33.6 Å². The average molecular weight is 329 g/mol. The molecule has 5 heteroatoms. The highest BCUT2D eigenvalue weighted by Gasteiger charge is 2.00. The van der Waals surface area contributed by atoms with E-state index >= 15 is 0 Å². The van der Waals surface area contributed by atoms with E-state index in [1.54, 1.807) is 0 Å². The van der Waals surface area contributed by atoms with Crippen molar-refractivity contribution >= 4 is 27.5 Å². The molecule has 1 N–H and O–H groups in total. The van der Waals surface area contributed by atoms with Gasteiger partial charge in [0.2, 0.25) is 0 Å². The number of aromatic nitrogens is 2. The van der Waals surface area contributed by atoms with Crippen LogP contribution in [0.3, 0.4) is 0 Å². The Balaban J connectivity index is 1.78. The summed E-state index contributed by atoms with van der Waals surface area (Å²) < 4.78 is 2.98. The molecule has 1 aromatic carbocycles. The van der Waals surface area contributed by atoms with E-state index in [0.29, 0.717) is 0 Å². The van der Waals surface area contributed by atoms with E-state index in [4.69, 9.17) is 11.6 Å². The molecule has 0 saturated carbocycles. The molecule has 0 atom stereocenters. The van der Waals surface area contributed by atoms with Crippen LogP contribution in [0.2, 0.25) is 5.02 Å². The van der Waals surface area contributed by atoms with Crippen LogP contribution >= 0.6 is 27.5 Å². The SMILES string of the molecule is Cn1ccnc1CCNCc1ccc(Cl)c(Br)c1. The Hall–Kier alpha value is -0.840. The molecule has 0 fully saturated rings. The summed E-state index contributed by atoms with van der Waals surface area (Å²) in [4.78, 5) is 4.28. The normalized spacial score (nSPS) is 10.8. The number of hydrogen-bond acceptors (Lipinski definition) is 2. The van der Waals surface area contributed by atoms with Crippen LogP contribution < -0.4 is 5.32 Å². The van der Waals surface area contributed by atoms with Gasteiger partial charge in [-0.2, -0.15) is 0 Å². The predicted molar refractivity (Wildman–Crippen MR) is 77.8 cm³/mol. The number of aryl methyl sites for hydroxylation is 1. The van der Waals surface area contributed by atoms with Gasteiger partial charge < -0.3 is 9.88 Å². The first-order valence-electron chi connectivity index (χ1n) is 5.77. The fourth-order valence-corrected chi connectivity index (χ4v) is 2.26. The molecule has 2 rings (SSSR count). The summed E-state index contributed by atoms with van der Waals surface area (Å²) in [6, 6.07) is 5.97. The minimum absolute atomic E-state index is 0.742. The first-order chi connectivity index (χ1) is 8.66. The fourth-order valence-electron chi connectivity index (χ4n) is 1.72. The fraction of sp³-hybridized carbons (Fsp3) is 0.308. The largest absolute Gasteiger partial charge is 0.338 e. The zero-order valence-corrected chi connectivity index (χ0v) is 12.5. The first kappa shape index (κ1) is 13.6. The Kier molecular flexibility index (Phi) is 4.80. The molecule has 0 saturated heterocycles. The van der Waals surface area contributed by atoms with Gasteiger partial charge in [0.25, 0.3) is 0 Å². The third-order valence-corrected chi connectivity index (χ3v) is 3.97. The first-order valence-corrected chi connectivity index (χ1v) is 6.95. The monoisotopic (exact) mass is 327 g/mol. The summed E-state index contributed by atoms with van der Waals surface area (Å²) in [5.74, 6) is 1.10. The molecule has 0 aliphatic rings. The second kappa shape index (κ2) is 6.36. The molecule has 0 radical (unpaired) electrons. The molecule has 0 amide bonds. The standard InChI is InChI=1S/C13H15BrClN3/c1-18-7-6-17-13(18)4-5-16-9-10-2-3-12(15)11(14)8-10/h2-3,6-8,16H,4-5,9H2,1H3. The summed E-state index contributed by atoms with van der Waals surface area (Å²) in [6.45, 7) is 1.74. The summed E-state index contributed by atoms with van der Waals surface area (Å²) in [7, 11) is 2.01. The van der Waals surface area contributed by atoms with Gasteiger partial charge in [-0.1, -0.05) is 17.7 Å². The minimum Gasteiger partial charge on any atom is -0.338 e. The molecule has 0 spiro atoms. The van der Waals surface area contributed by atoms with E-state index in [9.17, 15) is 0 Å². The molecule has 0 aliphatic heterocycles. The van der Waals surface area contributed by atoms with Crippen molar-refractivity contribution in [1.29, 1.82) is 0 Å². The van der Waals surface area contributed by atoms with Crippen LogP contribution in [0.4, 0.5) is 0 Å². The van der Waals surface area contributed by atoms with Crippen LogP contribution in [0.5, 0.6) is 0 Å². The Morgan fingerprint density at radius 1 is 1.44 bits per heavy atom. The van der Waals surface area contributed by atoms with Gasteiger partial charge in [-0.25, -0.2) is 4.98 Å². The van der Waals surface area contributed by atoms with Crippen molar-refractivity contribution in [2.45, 2.75) is 13.0 Å². The zero-order valence-electron chi connectivity index (χ0n) is 10.2. The molecule has 0 aliphatic carbocycles. The lowest BCUT2D eigenvalue weighted by Crippen LogP contribution is -2.18. The zero-order chi connectivity index (χ0) is 13.0. The Morgan fingerprint density at radius 3 is 2.94 bits per heavy atom. The molecule has 3 nitrogen and oxygen atoms in total. The van der Waals surface area contributed by atoms with Crippen molar-refractivity contribution < 1.29 is 0 Å². The number of rotatable bonds is 5. The molecule has 2 aromatic rings. The van der Waals surface area contributed by atoms with Gasteiger partial charge in [0.15, 0.2) is 0 Å². The Labute approximate surface area is 120 Å². The topological polar surface area (TPSA) is 29.9 Å². The lowest BCUT2D eigenvalue weighted by atomic mass is 10.2. The van der Waals surface area contributed by atoms with E-state index in [1.807, 2.05) is 42.2 Å². The van der Waals surface area contributed by atoms with Gasteiger partial charge in [-0.15, -0.1) is 0 Å². The van der Waals surface area contributed by atoms with Crippen molar-refractivity contribution in [2.75, 3.05) is 6.54 Å². The quantitative estimate of drug-likeness (QED) is 0.854. The number of benzene rings is 1. The number of halogens is 2. The third kappa shape index (κ3) is 3.57. The Bertz CT molecular complexity index is 525. The number of nitrogens with one attached hydrogen (secondary N) is 1. The molecule has 1 aromatic heterocycles. The van der Waals surface area contributed by atoms with Crippen LogP contribution in [-0.2, 0) is 20.0 Å². The lowest BCUT2D eigenvalue weighted by molar-refractivity contribution is 0.655. The summed E-state index contributed by atoms with van der Waals surface area (Å²) in [5.41, 5.74) is 1.21. The molecule has 0 unspecified atom stereocenters. The minimum atomic E-state index is 0.742. The lowest BCUT2D eigenvalue weighted by Gasteiger charge is -2.06. The maximum Gasteiger partial charge on any atom is 0.109 e. The highest BCUT2D eigenvalue weighted by molar-refractivity contribution is 9.10. The van der Waals surface area contributed by atoms with Gasteiger partial charge in [0.1, 0.15) is 5.82 Å². The maximum atomic E-state index is 5.95. The molecule has 96 valence electrons. The van der Waals surface area contributed by atoms with E-state index in [-0.39, 0.29) is 0 Å². The van der Waals surface area contributed by atoms with E-state index < -0.39 is 0 Å². The van der Waals surface area contributed by atoms with Crippen LogP contribution in [0.1, 0.15) is 11.4 Å². The average Bonchev–Trinajstić information content (AvgIpc) is 2.75. The van der Waals surface area contributed by atoms with Gasteiger partial charge >= 0.3 is 0 Å². The van der Waals surface area contributed by atoms with Gasteiger partial charge in [0, 0.05) is 43.4 Å². The second-order valence-corrected chi connectivity index (χ2v) is 5.39. The predicted octanol–water partition coefficient (Wildman–Crippen LogP) is 3.17. The van der Waals surface area contributed by atoms with Crippen LogP contribution in [-0.4, -0.2) is 16.1 Å². The highest BCUT2D eigenvalue weighted by atomic mass is 79.9. The van der Waals surface area contributed by atoms with Crippen molar-refractivity contribution in [3.8, 4) is 0 Å². The van der Waals surface area contributed by atoms with E-state index in [1.165, 1.54) is 5.56 Å². The number of imidazole rings is 1. The van der Waals surface area contributed by atoms with Crippen LogP contribution in [0.15, 0.2) is 35.1 Å². The van der Waals surface area contributed by atoms with Crippen molar-refractivity contribution in [2.24, 2.45) is 7.05 Å². The summed E-state index contributed by atoms with van der Waals surface area (Å²) in [5, 5.41) is 4.14. The van der Waals surface area contributed by atoms with E-state index in [0.717, 1.165) is 34.8 Å². The molecule has 1 heterocycles. The third-order valence-electron chi connectivity index (χ3n) is 2.76. The highest BCUT2D eigenvalue weighted by Crippen LogP contribution is 2.22. The van der Waals surface area contributed by atoms with Crippen molar-refractivity contribution in [3.05, 3.63) is 51.5 Å². The summed E-state index contributed by atoms with van der Waals surface area (Å²) >= 11 is 9.37. The van der Waals surface area contributed by atoms with Crippen molar-refractivity contribution in [1.82, 2.24) is 14.9 Å². The molecule has 18 heavy (non-hydrogen) atoms. The Morgan fingerprint density at radius 2 is 2.28 bits per heavy atom. The number of nitrogens with zero attached hydrogens (tertiary/aromatic N) is 2. The maximum absolute atomic E-state index is 5.95. The van der Waals surface area contributed by atoms with Gasteiger partial charge in [0.05, 0.1) is 5.02 Å². The number of hydrogen-bond donors (Lipinski definition) is 1. The molecular formula is C13H15BrClN3. The van der Waals surface area contributed by atoms with Crippen molar-refractivity contribution in [3.63, 3.8) is 0 Å². The van der Waals surface area contributed by atoms with E-state index in [2.05, 4.69) is 26.2 Å². The molecule has 0 bridgehead atoms. The smallest absolute Gasteiger partial charge is 0.109 e. The van der Waals surface area contributed by atoms with Crippen LogP contribution in [0.25, 0.3) is 0 Å². The van der Waals surface area contributed by atoms with Crippen LogP contribution in [0, 0.1) is 0 Å². The molecular weight excluding hydrogens is 314 g/mol. The van der Waals surface area contributed by atoms with Gasteiger partial charge in [-0.3, -0.25) is 0 Å². The second-order valence-electron chi connectivity index (χ2n) is 4.13. The summed E-state index contributed by atoms with van der Waals surface area (Å²) in [6.07, 6.45) is 4.72.